The van der Waals surface area contributed by atoms with Crippen molar-refractivity contribution in [3.63, 3.8) is 0 Å². The molecule has 2 amide bonds. The van der Waals surface area contributed by atoms with Gasteiger partial charge in [-0.3, -0.25) is 4.79 Å². The molecule has 0 aliphatic heterocycles. The predicted octanol–water partition coefficient (Wildman–Crippen LogP) is 1.75. The van der Waals surface area contributed by atoms with E-state index in [1.165, 1.54) is 12.8 Å². The lowest BCUT2D eigenvalue weighted by Crippen LogP contribution is -2.45. The summed E-state index contributed by atoms with van der Waals surface area (Å²) in [7, 11) is 0. The summed E-state index contributed by atoms with van der Waals surface area (Å²) in [5.74, 6) is -0.302. The maximum absolute atomic E-state index is 11.7. The van der Waals surface area contributed by atoms with Crippen LogP contribution in [-0.4, -0.2) is 42.9 Å². The zero-order valence-electron chi connectivity index (χ0n) is 12.5. The number of nitrogens with one attached hydrogen (secondary N) is 2. The Morgan fingerprint density at radius 2 is 2.00 bits per heavy atom. The van der Waals surface area contributed by atoms with Gasteiger partial charge in [0.05, 0.1) is 5.92 Å². The van der Waals surface area contributed by atoms with E-state index in [9.17, 15) is 9.59 Å². The van der Waals surface area contributed by atoms with Gasteiger partial charge in [0.2, 0.25) is 0 Å². The minimum Gasteiger partial charge on any atom is -0.481 e. The molecule has 2 unspecified atom stereocenters. The molecule has 21 heavy (non-hydrogen) atoms. The number of rotatable bonds is 8. The van der Waals surface area contributed by atoms with Crippen molar-refractivity contribution in [2.24, 2.45) is 11.8 Å². The fraction of sp³-hybridized carbons (Fsp3) is 0.867. The lowest BCUT2D eigenvalue weighted by molar-refractivity contribution is -0.143. The van der Waals surface area contributed by atoms with Crippen molar-refractivity contribution in [2.45, 2.75) is 51.0 Å². The van der Waals surface area contributed by atoms with E-state index in [4.69, 9.17) is 9.84 Å². The molecule has 0 heterocycles. The molecule has 2 saturated carbocycles. The monoisotopic (exact) mass is 298 g/mol. The summed E-state index contributed by atoms with van der Waals surface area (Å²) in [6.07, 6.45) is 6.36. The molecule has 2 rings (SSSR count). The first-order valence-corrected chi connectivity index (χ1v) is 8.00. The average molecular weight is 298 g/mol. The zero-order valence-corrected chi connectivity index (χ0v) is 12.5. The van der Waals surface area contributed by atoms with Crippen LogP contribution < -0.4 is 10.6 Å². The highest BCUT2D eigenvalue weighted by Crippen LogP contribution is 2.28. The van der Waals surface area contributed by atoms with E-state index in [0.717, 1.165) is 31.8 Å². The average Bonchev–Trinajstić information content (AvgIpc) is 3.27. The summed E-state index contributed by atoms with van der Waals surface area (Å²) in [5, 5.41) is 14.7. The number of carbonyl (C=O) groups excluding carboxylic acids is 1. The van der Waals surface area contributed by atoms with Gasteiger partial charge in [-0.25, -0.2) is 4.79 Å². The van der Waals surface area contributed by atoms with Gasteiger partial charge in [-0.2, -0.15) is 0 Å². The van der Waals surface area contributed by atoms with Crippen molar-refractivity contribution in [3.05, 3.63) is 0 Å². The molecule has 0 radical (unpaired) electrons. The molecule has 0 aromatic heterocycles. The Labute approximate surface area is 125 Å². The third-order valence-corrected chi connectivity index (χ3v) is 4.16. The molecular weight excluding hydrogens is 272 g/mol. The van der Waals surface area contributed by atoms with Crippen LogP contribution in [-0.2, 0) is 9.53 Å². The van der Waals surface area contributed by atoms with Crippen LogP contribution in [0.2, 0.25) is 0 Å². The fourth-order valence-electron chi connectivity index (χ4n) is 2.69. The lowest BCUT2D eigenvalue weighted by atomic mass is 9.86. The van der Waals surface area contributed by atoms with Gasteiger partial charge in [0.1, 0.15) is 0 Å². The molecule has 2 aliphatic carbocycles. The molecule has 0 bridgehead atoms. The highest BCUT2D eigenvalue weighted by atomic mass is 16.5. The van der Waals surface area contributed by atoms with Crippen LogP contribution >= 0.6 is 0 Å². The molecule has 0 aromatic rings. The molecule has 6 heteroatoms. The van der Waals surface area contributed by atoms with Crippen LogP contribution in [0, 0.1) is 11.8 Å². The molecule has 2 fully saturated rings. The Morgan fingerprint density at radius 1 is 1.19 bits per heavy atom. The molecule has 0 saturated heterocycles. The van der Waals surface area contributed by atoms with Crippen molar-refractivity contribution in [1.82, 2.24) is 10.6 Å². The third kappa shape index (κ3) is 6.33. The minimum absolute atomic E-state index is 0.0223. The van der Waals surface area contributed by atoms with Crippen molar-refractivity contribution >= 4 is 12.0 Å². The summed E-state index contributed by atoms with van der Waals surface area (Å²) in [4.78, 5) is 22.7. The molecule has 3 N–H and O–H groups in total. The smallest absolute Gasteiger partial charge is 0.315 e. The van der Waals surface area contributed by atoms with Crippen molar-refractivity contribution in [2.75, 3.05) is 19.8 Å². The summed E-state index contributed by atoms with van der Waals surface area (Å²) in [6.45, 7) is 2.12. The maximum Gasteiger partial charge on any atom is 0.315 e. The molecular formula is C15H26N2O4. The highest BCUT2D eigenvalue weighted by Gasteiger charge is 2.27. The van der Waals surface area contributed by atoms with E-state index < -0.39 is 5.97 Å². The largest absolute Gasteiger partial charge is 0.481 e. The van der Waals surface area contributed by atoms with Gasteiger partial charge in [0.25, 0.3) is 0 Å². The van der Waals surface area contributed by atoms with Gasteiger partial charge < -0.3 is 20.5 Å². The quantitative estimate of drug-likeness (QED) is 0.596. The van der Waals surface area contributed by atoms with Crippen LogP contribution in [0.4, 0.5) is 4.79 Å². The van der Waals surface area contributed by atoms with Crippen LogP contribution in [0.1, 0.15) is 44.9 Å². The number of aliphatic carboxylic acids is 1. The molecule has 120 valence electrons. The number of carboxylic acids is 1. The fourth-order valence-corrected chi connectivity index (χ4v) is 2.69. The first kappa shape index (κ1) is 16.1. The van der Waals surface area contributed by atoms with E-state index in [-0.39, 0.29) is 18.0 Å². The molecule has 2 atom stereocenters. The second-order valence-electron chi connectivity index (χ2n) is 6.17. The summed E-state index contributed by atoms with van der Waals surface area (Å²) in [6, 6.07) is -0.223. The number of hydrogen-bond acceptors (Lipinski definition) is 3. The zero-order chi connectivity index (χ0) is 15.1. The van der Waals surface area contributed by atoms with E-state index in [2.05, 4.69) is 10.6 Å². The first-order chi connectivity index (χ1) is 10.1. The van der Waals surface area contributed by atoms with Crippen molar-refractivity contribution in [3.8, 4) is 0 Å². The minimum atomic E-state index is -0.755. The lowest BCUT2D eigenvalue weighted by Gasteiger charge is -2.27. The topological polar surface area (TPSA) is 87.7 Å². The van der Waals surface area contributed by atoms with Gasteiger partial charge in [0.15, 0.2) is 0 Å². The maximum atomic E-state index is 11.7. The Hall–Kier alpha value is -1.30. The number of ether oxygens (including phenoxy) is 1. The van der Waals surface area contributed by atoms with E-state index in [0.29, 0.717) is 26.0 Å². The summed E-state index contributed by atoms with van der Waals surface area (Å²) >= 11 is 0. The molecule has 2 aliphatic rings. The number of carboxylic acid groups (broad SMARTS) is 1. The number of amides is 2. The molecule has 0 spiro atoms. The second-order valence-corrected chi connectivity index (χ2v) is 6.17. The Balaban J connectivity index is 1.50. The van der Waals surface area contributed by atoms with Crippen molar-refractivity contribution in [1.29, 1.82) is 0 Å². The van der Waals surface area contributed by atoms with Gasteiger partial charge >= 0.3 is 12.0 Å². The second kappa shape index (κ2) is 8.22. The summed E-state index contributed by atoms with van der Waals surface area (Å²) in [5.41, 5.74) is 0. The van der Waals surface area contributed by atoms with Crippen LogP contribution in [0.15, 0.2) is 0 Å². The van der Waals surface area contributed by atoms with E-state index in [1.54, 1.807) is 0 Å². The third-order valence-electron chi connectivity index (χ3n) is 4.16. The Morgan fingerprint density at radius 3 is 2.71 bits per heavy atom. The van der Waals surface area contributed by atoms with Gasteiger partial charge in [-0.15, -0.1) is 0 Å². The SMILES string of the molecule is O=C(NCCCOCC1CC1)NC1CCCC(C(=O)O)C1. The van der Waals surface area contributed by atoms with E-state index >= 15 is 0 Å². The predicted molar refractivity (Wildman–Crippen MR) is 78.1 cm³/mol. The highest BCUT2D eigenvalue weighted by molar-refractivity contribution is 5.74. The van der Waals surface area contributed by atoms with Crippen molar-refractivity contribution < 1.29 is 19.4 Å². The Kier molecular flexibility index (Phi) is 6.29. The first-order valence-electron chi connectivity index (χ1n) is 8.00. The standard InChI is InChI=1S/C15H26N2O4/c18-14(19)12-3-1-4-13(9-12)17-15(20)16-7-2-8-21-10-11-5-6-11/h11-13H,1-10H2,(H,18,19)(H2,16,17,20). The van der Waals surface area contributed by atoms with Crippen LogP contribution in [0.3, 0.4) is 0 Å². The van der Waals surface area contributed by atoms with Gasteiger partial charge in [0, 0.05) is 25.8 Å². The number of hydrogen-bond donors (Lipinski definition) is 3. The molecule has 0 aromatic carbocycles. The van der Waals surface area contributed by atoms with Crippen LogP contribution in [0.25, 0.3) is 0 Å². The Bertz CT molecular complexity index is 358. The molecule has 6 nitrogen and oxygen atoms in total. The number of carbonyl (C=O) groups is 2. The number of urea groups is 1. The van der Waals surface area contributed by atoms with Gasteiger partial charge in [-0.1, -0.05) is 6.42 Å². The van der Waals surface area contributed by atoms with Gasteiger partial charge in [-0.05, 0) is 44.4 Å². The van der Waals surface area contributed by atoms with E-state index in [1.807, 2.05) is 0 Å². The summed E-state index contributed by atoms with van der Waals surface area (Å²) < 4.78 is 5.49. The van der Waals surface area contributed by atoms with Crippen LogP contribution in [0.5, 0.6) is 0 Å². The normalized spacial score (nSPS) is 25.3.